The highest BCUT2D eigenvalue weighted by molar-refractivity contribution is 6.34. The number of ether oxygens (including phenoxy) is 2. The number of hydrazine groups is 1. The van der Waals surface area contributed by atoms with Crippen LogP contribution in [-0.2, 0) is 0 Å². The van der Waals surface area contributed by atoms with E-state index in [-0.39, 0.29) is 21.8 Å². The molecule has 9 nitrogen and oxygen atoms in total. The Balaban J connectivity index is 2.07. The summed E-state index contributed by atoms with van der Waals surface area (Å²) in [5, 5.41) is 10.6. The molecule has 2 aromatic carbocycles. The zero-order chi connectivity index (χ0) is 19.3. The minimum Gasteiger partial charge on any atom is -0.493 e. The van der Waals surface area contributed by atoms with E-state index in [0.717, 1.165) is 12.1 Å². The lowest BCUT2D eigenvalue weighted by molar-refractivity contribution is -0.384. The Morgan fingerprint density at radius 1 is 1.00 bits per heavy atom. The average Bonchev–Trinajstić information content (AvgIpc) is 2.64. The summed E-state index contributed by atoms with van der Waals surface area (Å²) in [6, 6.07) is 7.85. The number of amides is 2. The molecule has 2 amide bonds. The van der Waals surface area contributed by atoms with Gasteiger partial charge in [0.25, 0.3) is 17.5 Å². The predicted molar refractivity (Wildman–Crippen MR) is 92.6 cm³/mol. The molecule has 0 radical (unpaired) electrons. The molecule has 0 spiro atoms. The molecule has 2 N–H and O–H groups in total. The molecule has 0 unspecified atom stereocenters. The number of nitrogens with one attached hydrogen (secondary N) is 2. The molecule has 10 heteroatoms. The highest BCUT2D eigenvalue weighted by Crippen LogP contribution is 2.27. The van der Waals surface area contributed by atoms with E-state index in [9.17, 15) is 19.7 Å². The number of nitro benzene ring substituents is 1. The van der Waals surface area contributed by atoms with E-state index >= 15 is 0 Å². The summed E-state index contributed by atoms with van der Waals surface area (Å²) in [4.78, 5) is 34.3. The second kappa shape index (κ2) is 8.17. The number of methoxy groups -OCH3 is 2. The van der Waals surface area contributed by atoms with E-state index < -0.39 is 16.7 Å². The van der Waals surface area contributed by atoms with Crippen LogP contribution < -0.4 is 20.3 Å². The van der Waals surface area contributed by atoms with Crippen LogP contribution in [0.25, 0.3) is 0 Å². The van der Waals surface area contributed by atoms with Crippen molar-refractivity contribution in [1.29, 1.82) is 0 Å². The maximum atomic E-state index is 12.1. The molecule has 0 aromatic heterocycles. The SMILES string of the molecule is COc1ccc(C(=O)NNC(=O)c2ccc([N+](=O)[O-])cc2Cl)cc1OC. The van der Waals surface area contributed by atoms with Gasteiger partial charge in [-0.15, -0.1) is 0 Å². The molecule has 0 bridgehead atoms. The molecule has 0 saturated heterocycles. The summed E-state index contributed by atoms with van der Waals surface area (Å²) in [7, 11) is 2.89. The van der Waals surface area contributed by atoms with Crippen LogP contribution in [0.3, 0.4) is 0 Å². The summed E-state index contributed by atoms with van der Waals surface area (Å²) in [5.74, 6) is -0.522. The van der Waals surface area contributed by atoms with Crippen molar-refractivity contribution in [3.05, 3.63) is 62.7 Å². The first-order chi connectivity index (χ1) is 12.4. The third kappa shape index (κ3) is 4.19. The van der Waals surface area contributed by atoms with Crippen molar-refractivity contribution in [3.63, 3.8) is 0 Å². The van der Waals surface area contributed by atoms with Crippen LogP contribution in [0.1, 0.15) is 20.7 Å². The van der Waals surface area contributed by atoms with Gasteiger partial charge < -0.3 is 9.47 Å². The molecular weight excluding hydrogens is 366 g/mol. The third-order valence-electron chi connectivity index (χ3n) is 3.34. The number of hydrogen-bond donors (Lipinski definition) is 2. The molecule has 2 rings (SSSR count). The number of benzene rings is 2. The number of hydrogen-bond acceptors (Lipinski definition) is 6. The predicted octanol–water partition coefficient (Wildman–Crippen LogP) is 2.34. The van der Waals surface area contributed by atoms with Gasteiger partial charge in [-0.05, 0) is 24.3 Å². The highest BCUT2D eigenvalue weighted by atomic mass is 35.5. The number of carbonyl (C=O) groups is 2. The highest BCUT2D eigenvalue weighted by Gasteiger charge is 2.16. The Morgan fingerprint density at radius 2 is 1.65 bits per heavy atom. The molecule has 0 aliphatic carbocycles. The molecule has 0 atom stereocenters. The number of carbonyl (C=O) groups excluding carboxylic acids is 2. The van der Waals surface area contributed by atoms with Crippen molar-refractivity contribution < 1.29 is 24.0 Å². The number of nitrogens with zero attached hydrogens (tertiary/aromatic N) is 1. The van der Waals surface area contributed by atoms with E-state index in [1.54, 1.807) is 6.07 Å². The van der Waals surface area contributed by atoms with Crippen LogP contribution >= 0.6 is 11.6 Å². The molecule has 136 valence electrons. The molecule has 2 aromatic rings. The summed E-state index contributed by atoms with van der Waals surface area (Å²) in [6.07, 6.45) is 0. The fourth-order valence-corrected chi connectivity index (χ4v) is 2.29. The smallest absolute Gasteiger partial charge is 0.271 e. The fourth-order valence-electron chi connectivity index (χ4n) is 2.03. The van der Waals surface area contributed by atoms with Gasteiger partial charge in [-0.3, -0.25) is 30.6 Å². The van der Waals surface area contributed by atoms with Crippen molar-refractivity contribution in [2.75, 3.05) is 14.2 Å². The topological polar surface area (TPSA) is 120 Å². The lowest BCUT2D eigenvalue weighted by atomic mass is 10.2. The van der Waals surface area contributed by atoms with Crippen LogP contribution in [0.15, 0.2) is 36.4 Å². The minimum absolute atomic E-state index is 0.0233. The summed E-state index contributed by atoms with van der Waals surface area (Å²) in [6.45, 7) is 0. The van der Waals surface area contributed by atoms with Crippen LogP contribution in [0.2, 0.25) is 5.02 Å². The fraction of sp³-hybridized carbons (Fsp3) is 0.125. The largest absolute Gasteiger partial charge is 0.493 e. The Labute approximate surface area is 153 Å². The minimum atomic E-state index is -0.723. The first-order valence-corrected chi connectivity index (χ1v) is 7.51. The van der Waals surface area contributed by atoms with Gasteiger partial charge in [0.05, 0.1) is 29.7 Å². The molecule has 0 aliphatic heterocycles. The van der Waals surface area contributed by atoms with Gasteiger partial charge in [-0.1, -0.05) is 11.6 Å². The molecule has 0 saturated carbocycles. The second-order valence-electron chi connectivity index (χ2n) is 4.90. The monoisotopic (exact) mass is 379 g/mol. The summed E-state index contributed by atoms with van der Waals surface area (Å²) in [5.41, 5.74) is 4.36. The first-order valence-electron chi connectivity index (χ1n) is 7.14. The maximum Gasteiger partial charge on any atom is 0.271 e. The second-order valence-corrected chi connectivity index (χ2v) is 5.31. The third-order valence-corrected chi connectivity index (χ3v) is 3.66. The van der Waals surface area contributed by atoms with E-state index in [4.69, 9.17) is 21.1 Å². The summed E-state index contributed by atoms with van der Waals surface area (Å²) >= 11 is 5.87. The van der Waals surface area contributed by atoms with E-state index in [1.165, 1.54) is 32.4 Å². The van der Waals surface area contributed by atoms with Crippen LogP contribution in [-0.4, -0.2) is 31.0 Å². The number of nitro groups is 1. The Hall–Kier alpha value is -3.33. The molecule has 0 aliphatic rings. The maximum absolute atomic E-state index is 12.1. The Morgan fingerprint density at radius 3 is 2.23 bits per heavy atom. The van der Waals surface area contributed by atoms with E-state index in [2.05, 4.69) is 10.9 Å². The van der Waals surface area contributed by atoms with Gasteiger partial charge in [-0.25, -0.2) is 0 Å². The Bertz CT molecular complexity index is 871. The molecule has 0 heterocycles. The number of halogens is 1. The van der Waals surface area contributed by atoms with Gasteiger partial charge in [-0.2, -0.15) is 0 Å². The van der Waals surface area contributed by atoms with Gasteiger partial charge in [0.1, 0.15) is 0 Å². The summed E-state index contributed by atoms with van der Waals surface area (Å²) < 4.78 is 10.2. The first kappa shape index (κ1) is 19.0. The van der Waals surface area contributed by atoms with E-state index in [1.807, 2.05) is 0 Å². The van der Waals surface area contributed by atoms with Gasteiger partial charge in [0.2, 0.25) is 0 Å². The van der Waals surface area contributed by atoms with E-state index in [0.29, 0.717) is 11.5 Å². The van der Waals surface area contributed by atoms with Crippen molar-refractivity contribution >= 4 is 29.1 Å². The average molecular weight is 380 g/mol. The molecular formula is C16H14ClN3O6. The molecule has 0 fully saturated rings. The number of non-ortho nitro benzene ring substituents is 1. The zero-order valence-electron chi connectivity index (χ0n) is 13.7. The van der Waals surface area contributed by atoms with Crippen molar-refractivity contribution in [3.8, 4) is 11.5 Å². The normalized spacial score (nSPS) is 9.96. The van der Waals surface area contributed by atoms with Gasteiger partial charge in [0, 0.05) is 17.7 Å². The lowest BCUT2D eigenvalue weighted by Crippen LogP contribution is -2.41. The standard InChI is InChI=1S/C16H14ClN3O6/c1-25-13-6-3-9(7-14(13)26-2)15(21)18-19-16(22)11-5-4-10(20(23)24)8-12(11)17/h3-8H,1-2H3,(H,18,21)(H,19,22). The van der Waals surface area contributed by atoms with Crippen molar-refractivity contribution in [1.82, 2.24) is 10.9 Å². The van der Waals surface area contributed by atoms with Crippen LogP contribution in [0, 0.1) is 10.1 Å². The van der Waals surface area contributed by atoms with Crippen LogP contribution in [0.5, 0.6) is 11.5 Å². The zero-order valence-corrected chi connectivity index (χ0v) is 14.5. The van der Waals surface area contributed by atoms with Crippen molar-refractivity contribution in [2.24, 2.45) is 0 Å². The van der Waals surface area contributed by atoms with Crippen LogP contribution in [0.4, 0.5) is 5.69 Å². The quantitative estimate of drug-likeness (QED) is 0.607. The van der Waals surface area contributed by atoms with Crippen molar-refractivity contribution in [2.45, 2.75) is 0 Å². The number of rotatable bonds is 5. The van der Waals surface area contributed by atoms with Gasteiger partial charge >= 0.3 is 0 Å². The Kier molecular flexibility index (Phi) is 5.97. The van der Waals surface area contributed by atoms with Gasteiger partial charge in [0.15, 0.2) is 11.5 Å². The molecule has 26 heavy (non-hydrogen) atoms. The lowest BCUT2D eigenvalue weighted by Gasteiger charge is -2.11.